The molecular formula is C18H37IN4O. The predicted octanol–water partition coefficient (Wildman–Crippen LogP) is 3.29. The minimum Gasteiger partial charge on any atom is -0.357 e. The minimum atomic E-state index is 0. The molecule has 142 valence electrons. The fourth-order valence-corrected chi connectivity index (χ4v) is 3.25. The molecule has 0 aromatic rings. The molecule has 1 fully saturated rings. The molecule has 0 heterocycles. The number of amides is 1. The van der Waals surface area contributed by atoms with Crippen LogP contribution in [0.3, 0.4) is 0 Å². The van der Waals surface area contributed by atoms with Gasteiger partial charge in [-0.15, -0.1) is 24.0 Å². The van der Waals surface area contributed by atoms with Gasteiger partial charge in [0.05, 0.1) is 0 Å². The van der Waals surface area contributed by atoms with Crippen LogP contribution in [-0.2, 0) is 4.79 Å². The number of nitrogens with one attached hydrogen (secondary N) is 3. The molecule has 3 N–H and O–H groups in total. The number of carbonyl (C=O) groups excluding carboxylic acids is 1. The van der Waals surface area contributed by atoms with Crippen LogP contribution in [0.25, 0.3) is 0 Å². The van der Waals surface area contributed by atoms with Crippen LogP contribution < -0.4 is 16.0 Å². The Morgan fingerprint density at radius 2 is 1.83 bits per heavy atom. The summed E-state index contributed by atoms with van der Waals surface area (Å²) in [5.74, 6) is 1.64. The van der Waals surface area contributed by atoms with Crippen molar-refractivity contribution in [3.05, 3.63) is 0 Å². The molecule has 0 aliphatic heterocycles. The molecular weight excluding hydrogens is 415 g/mol. The summed E-state index contributed by atoms with van der Waals surface area (Å²) in [5.41, 5.74) is 0.408. The first-order valence-corrected chi connectivity index (χ1v) is 9.18. The highest BCUT2D eigenvalue weighted by Crippen LogP contribution is 2.46. The number of aliphatic imine (C=N–C) groups is 1. The SMILES string of the molecule is CCNC(=NCC1(CC(C)C)CCC1)NCCC(=O)NC(C)C.I. The van der Waals surface area contributed by atoms with Crippen LogP contribution >= 0.6 is 24.0 Å². The van der Waals surface area contributed by atoms with Crippen LogP contribution in [0.5, 0.6) is 0 Å². The van der Waals surface area contributed by atoms with Gasteiger partial charge in [-0.05, 0) is 51.4 Å². The van der Waals surface area contributed by atoms with Crippen molar-refractivity contribution in [2.24, 2.45) is 16.3 Å². The number of guanidine groups is 1. The zero-order chi connectivity index (χ0) is 17.3. The third kappa shape index (κ3) is 9.08. The van der Waals surface area contributed by atoms with E-state index in [1.807, 2.05) is 13.8 Å². The highest BCUT2D eigenvalue weighted by Gasteiger charge is 2.37. The first-order chi connectivity index (χ1) is 10.9. The van der Waals surface area contributed by atoms with E-state index in [0.717, 1.165) is 25.0 Å². The molecule has 0 bridgehead atoms. The summed E-state index contributed by atoms with van der Waals surface area (Å²) in [6.07, 6.45) is 5.66. The summed E-state index contributed by atoms with van der Waals surface area (Å²) >= 11 is 0. The Hall–Kier alpha value is -0.530. The molecule has 1 saturated carbocycles. The number of hydrogen-bond acceptors (Lipinski definition) is 2. The van der Waals surface area contributed by atoms with Gasteiger partial charge in [0.2, 0.25) is 5.91 Å². The molecule has 0 unspecified atom stereocenters. The van der Waals surface area contributed by atoms with E-state index in [4.69, 9.17) is 4.99 Å². The lowest BCUT2D eigenvalue weighted by molar-refractivity contribution is -0.121. The monoisotopic (exact) mass is 452 g/mol. The molecule has 1 aliphatic rings. The average Bonchev–Trinajstić information content (AvgIpc) is 2.40. The Balaban J connectivity index is 0.00000529. The van der Waals surface area contributed by atoms with E-state index in [0.29, 0.717) is 18.4 Å². The van der Waals surface area contributed by atoms with Crippen molar-refractivity contribution < 1.29 is 4.79 Å². The van der Waals surface area contributed by atoms with Crippen molar-refractivity contribution in [2.75, 3.05) is 19.6 Å². The van der Waals surface area contributed by atoms with Gasteiger partial charge in [0.1, 0.15) is 0 Å². The van der Waals surface area contributed by atoms with Crippen LogP contribution in [0.1, 0.15) is 66.7 Å². The molecule has 24 heavy (non-hydrogen) atoms. The van der Waals surface area contributed by atoms with Crippen molar-refractivity contribution in [1.29, 1.82) is 0 Å². The number of rotatable bonds is 9. The standard InChI is InChI=1S/C18H36N4O.HI/c1-6-19-17(20-11-8-16(23)22-15(4)5)21-13-18(9-7-10-18)12-14(2)3;/h14-15H,6-13H2,1-5H3,(H,22,23)(H2,19,20,21);1H. The van der Waals surface area contributed by atoms with Crippen LogP contribution in [0.4, 0.5) is 0 Å². The Kier molecular flexibility index (Phi) is 11.7. The zero-order valence-corrected chi connectivity index (χ0v) is 18.4. The third-order valence-electron chi connectivity index (χ3n) is 4.27. The second kappa shape index (κ2) is 11.9. The van der Waals surface area contributed by atoms with Gasteiger partial charge in [0.15, 0.2) is 5.96 Å². The lowest BCUT2D eigenvalue weighted by Crippen LogP contribution is -2.42. The number of hydrogen-bond donors (Lipinski definition) is 3. The minimum absolute atomic E-state index is 0. The van der Waals surface area contributed by atoms with Gasteiger partial charge in [0.25, 0.3) is 0 Å². The maximum Gasteiger partial charge on any atom is 0.221 e. The highest BCUT2D eigenvalue weighted by atomic mass is 127. The maximum atomic E-state index is 11.7. The van der Waals surface area contributed by atoms with Crippen LogP contribution in [-0.4, -0.2) is 37.5 Å². The van der Waals surface area contributed by atoms with E-state index >= 15 is 0 Å². The Labute approximate surface area is 165 Å². The summed E-state index contributed by atoms with van der Waals surface area (Å²) in [6.45, 7) is 12.9. The number of carbonyl (C=O) groups is 1. The molecule has 5 nitrogen and oxygen atoms in total. The van der Waals surface area contributed by atoms with Gasteiger partial charge in [-0.3, -0.25) is 9.79 Å². The Morgan fingerprint density at radius 3 is 2.29 bits per heavy atom. The first-order valence-electron chi connectivity index (χ1n) is 9.18. The average molecular weight is 452 g/mol. The van der Waals surface area contributed by atoms with Crippen molar-refractivity contribution in [3.63, 3.8) is 0 Å². The molecule has 0 aromatic carbocycles. The van der Waals surface area contributed by atoms with Gasteiger partial charge in [-0.2, -0.15) is 0 Å². The zero-order valence-electron chi connectivity index (χ0n) is 16.1. The molecule has 6 heteroatoms. The second-order valence-electron chi connectivity index (χ2n) is 7.55. The van der Waals surface area contributed by atoms with Crippen LogP contribution in [0.2, 0.25) is 0 Å². The van der Waals surface area contributed by atoms with Crippen molar-refractivity contribution in [1.82, 2.24) is 16.0 Å². The molecule has 1 amide bonds. The van der Waals surface area contributed by atoms with Gasteiger partial charge in [0, 0.05) is 32.1 Å². The third-order valence-corrected chi connectivity index (χ3v) is 4.27. The summed E-state index contributed by atoms with van der Waals surface area (Å²) in [6, 6.07) is 0.193. The molecule has 0 atom stereocenters. The largest absolute Gasteiger partial charge is 0.357 e. The van der Waals surface area contributed by atoms with Crippen molar-refractivity contribution >= 4 is 35.8 Å². The van der Waals surface area contributed by atoms with E-state index in [1.54, 1.807) is 0 Å². The maximum absolute atomic E-state index is 11.7. The smallest absolute Gasteiger partial charge is 0.221 e. The summed E-state index contributed by atoms with van der Waals surface area (Å²) in [7, 11) is 0. The first kappa shape index (κ1) is 23.5. The van der Waals surface area contributed by atoms with Gasteiger partial charge >= 0.3 is 0 Å². The lowest BCUT2D eigenvalue weighted by Gasteiger charge is -2.42. The highest BCUT2D eigenvalue weighted by molar-refractivity contribution is 14.0. The fraction of sp³-hybridized carbons (Fsp3) is 0.889. The quantitative estimate of drug-likeness (QED) is 0.286. The molecule has 1 aliphatic carbocycles. The van der Waals surface area contributed by atoms with E-state index in [1.165, 1.54) is 25.7 Å². The van der Waals surface area contributed by atoms with Crippen LogP contribution in [0, 0.1) is 11.3 Å². The summed E-state index contributed by atoms with van der Waals surface area (Å²) < 4.78 is 0. The van der Waals surface area contributed by atoms with E-state index in [9.17, 15) is 4.79 Å². The van der Waals surface area contributed by atoms with Gasteiger partial charge in [-0.25, -0.2) is 0 Å². The van der Waals surface area contributed by atoms with Crippen LogP contribution in [0.15, 0.2) is 4.99 Å². The molecule has 0 radical (unpaired) electrons. The van der Waals surface area contributed by atoms with E-state index < -0.39 is 0 Å². The van der Waals surface area contributed by atoms with Crippen molar-refractivity contribution in [3.8, 4) is 0 Å². The molecule has 0 spiro atoms. The molecule has 0 saturated heterocycles. The van der Waals surface area contributed by atoms with E-state index in [2.05, 4.69) is 36.7 Å². The van der Waals surface area contributed by atoms with E-state index in [-0.39, 0.29) is 35.9 Å². The lowest BCUT2D eigenvalue weighted by atomic mass is 9.64. The van der Waals surface area contributed by atoms with Gasteiger partial charge in [-0.1, -0.05) is 20.3 Å². The fourth-order valence-electron chi connectivity index (χ4n) is 3.25. The van der Waals surface area contributed by atoms with Gasteiger partial charge < -0.3 is 16.0 Å². The predicted molar refractivity (Wildman–Crippen MR) is 113 cm³/mol. The Morgan fingerprint density at radius 1 is 1.17 bits per heavy atom. The second-order valence-corrected chi connectivity index (χ2v) is 7.55. The summed E-state index contributed by atoms with van der Waals surface area (Å²) in [5, 5.41) is 9.46. The number of nitrogens with zero attached hydrogens (tertiary/aromatic N) is 1. The topological polar surface area (TPSA) is 65.5 Å². The normalized spacial score (nSPS) is 16.4. The van der Waals surface area contributed by atoms with Crippen molar-refractivity contribution in [2.45, 2.75) is 72.8 Å². The molecule has 1 rings (SSSR count). The number of halogens is 1. The Bertz CT molecular complexity index is 392. The summed E-state index contributed by atoms with van der Waals surface area (Å²) in [4.78, 5) is 16.5. The molecule has 0 aromatic heterocycles.